The standard InChI is InChI=1S/C15H20O3/c16-11-8-14-12-6-2-3-7-13(12)17-15(18-14)9-4-1-5-10-15/h2-3,6-7,14,16H,1,4-5,8-11H2. The van der Waals surface area contributed by atoms with E-state index >= 15 is 0 Å². The quantitative estimate of drug-likeness (QED) is 0.873. The average molecular weight is 248 g/mol. The van der Waals surface area contributed by atoms with E-state index in [0.717, 1.165) is 37.0 Å². The molecule has 3 heteroatoms. The average Bonchev–Trinajstić information content (AvgIpc) is 2.40. The van der Waals surface area contributed by atoms with Crippen molar-refractivity contribution in [2.24, 2.45) is 0 Å². The normalized spacial score (nSPS) is 25.5. The Bertz CT molecular complexity index is 410. The van der Waals surface area contributed by atoms with Gasteiger partial charge in [0, 0.05) is 31.4 Å². The molecule has 0 amide bonds. The molecule has 2 aliphatic rings. The van der Waals surface area contributed by atoms with Crippen LogP contribution >= 0.6 is 0 Å². The van der Waals surface area contributed by atoms with E-state index in [1.54, 1.807) is 0 Å². The van der Waals surface area contributed by atoms with Gasteiger partial charge >= 0.3 is 0 Å². The van der Waals surface area contributed by atoms with Crippen molar-refractivity contribution in [1.29, 1.82) is 0 Å². The Labute approximate surface area is 108 Å². The molecule has 1 aromatic carbocycles. The fourth-order valence-corrected chi connectivity index (χ4v) is 3.03. The third kappa shape index (κ3) is 2.13. The summed E-state index contributed by atoms with van der Waals surface area (Å²) in [4.78, 5) is 0. The molecule has 1 unspecified atom stereocenters. The first-order valence-electron chi connectivity index (χ1n) is 6.90. The van der Waals surface area contributed by atoms with Gasteiger partial charge in [0.1, 0.15) is 5.75 Å². The van der Waals surface area contributed by atoms with Gasteiger partial charge in [0.2, 0.25) is 5.79 Å². The first kappa shape index (κ1) is 12.0. The molecule has 0 radical (unpaired) electrons. The number of aliphatic hydroxyl groups excluding tert-OH is 1. The van der Waals surface area contributed by atoms with Gasteiger partial charge in [0.05, 0.1) is 6.10 Å². The molecule has 1 spiro atoms. The van der Waals surface area contributed by atoms with Crippen molar-refractivity contribution in [1.82, 2.24) is 0 Å². The predicted molar refractivity (Wildman–Crippen MR) is 68.4 cm³/mol. The highest BCUT2D eigenvalue weighted by atomic mass is 16.7. The third-order valence-corrected chi connectivity index (χ3v) is 3.93. The van der Waals surface area contributed by atoms with Crippen molar-refractivity contribution in [3.8, 4) is 5.75 Å². The number of hydrogen-bond donors (Lipinski definition) is 1. The molecule has 1 atom stereocenters. The lowest BCUT2D eigenvalue weighted by Gasteiger charge is -2.44. The number of para-hydroxylation sites is 1. The second-order valence-corrected chi connectivity index (χ2v) is 5.23. The molecule has 18 heavy (non-hydrogen) atoms. The summed E-state index contributed by atoms with van der Waals surface area (Å²) in [6.07, 6.45) is 6.12. The number of fused-ring (bicyclic) bond motifs is 1. The van der Waals surface area contributed by atoms with Gasteiger partial charge in [-0.05, 0) is 18.9 Å². The summed E-state index contributed by atoms with van der Waals surface area (Å²) in [5.41, 5.74) is 1.07. The van der Waals surface area contributed by atoms with E-state index < -0.39 is 5.79 Å². The maximum Gasteiger partial charge on any atom is 0.211 e. The fraction of sp³-hybridized carbons (Fsp3) is 0.600. The smallest absolute Gasteiger partial charge is 0.211 e. The highest BCUT2D eigenvalue weighted by molar-refractivity contribution is 5.37. The van der Waals surface area contributed by atoms with Gasteiger partial charge in [0.25, 0.3) is 0 Å². The van der Waals surface area contributed by atoms with Crippen LogP contribution in [0.4, 0.5) is 0 Å². The number of aliphatic hydroxyl groups is 1. The second kappa shape index (κ2) is 4.90. The van der Waals surface area contributed by atoms with Crippen molar-refractivity contribution in [3.05, 3.63) is 29.8 Å². The Morgan fingerprint density at radius 3 is 2.72 bits per heavy atom. The maximum absolute atomic E-state index is 9.21. The van der Waals surface area contributed by atoms with Crippen molar-refractivity contribution < 1.29 is 14.6 Å². The van der Waals surface area contributed by atoms with Gasteiger partial charge in [-0.25, -0.2) is 0 Å². The van der Waals surface area contributed by atoms with Gasteiger partial charge in [-0.2, -0.15) is 0 Å². The van der Waals surface area contributed by atoms with Gasteiger partial charge in [-0.1, -0.05) is 24.6 Å². The molecule has 1 heterocycles. The maximum atomic E-state index is 9.21. The highest BCUT2D eigenvalue weighted by Gasteiger charge is 2.42. The molecule has 1 aliphatic heterocycles. The van der Waals surface area contributed by atoms with Crippen LogP contribution in [0, 0.1) is 0 Å². The molecular weight excluding hydrogens is 228 g/mol. The molecule has 0 bridgehead atoms. The fourth-order valence-electron chi connectivity index (χ4n) is 3.03. The zero-order valence-corrected chi connectivity index (χ0v) is 10.6. The van der Waals surface area contributed by atoms with Crippen molar-refractivity contribution in [3.63, 3.8) is 0 Å². The van der Waals surface area contributed by atoms with Crippen LogP contribution in [0.15, 0.2) is 24.3 Å². The van der Waals surface area contributed by atoms with Crippen LogP contribution in [0.3, 0.4) is 0 Å². The van der Waals surface area contributed by atoms with E-state index in [2.05, 4.69) is 0 Å². The van der Waals surface area contributed by atoms with Gasteiger partial charge in [-0.15, -0.1) is 0 Å². The molecule has 3 nitrogen and oxygen atoms in total. The summed E-state index contributed by atoms with van der Waals surface area (Å²) >= 11 is 0. The van der Waals surface area contributed by atoms with Crippen LogP contribution in [0.25, 0.3) is 0 Å². The predicted octanol–water partition coefficient (Wildman–Crippen LogP) is 3.18. The largest absolute Gasteiger partial charge is 0.462 e. The topological polar surface area (TPSA) is 38.7 Å². The Morgan fingerprint density at radius 2 is 1.94 bits per heavy atom. The Balaban J connectivity index is 1.91. The molecule has 1 N–H and O–H groups in total. The third-order valence-electron chi connectivity index (χ3n) is 3.93. The van der Waals surface area contributed by atoms with Crippen LogP contribution in [0.2, 0.25) is 0 Å². The van der Waals surface area contributed by atoms with E-state index in [1.807, 2.05) is 24.3 Å². The molecule has 98 valence electrons. The van der Waals surface area contributed by atoms with Crippen LogP contribution in [0.1, 0.15) is 50.2 Å². The van der Waals surface area contributed by atoms with Crippen LogP contribution < -0.4 is 4.74 Å². The summed E-state index contributed by atoms with van der Waals surface area (Å²) < 4.78 is 12.3. The highest BCUT2D eigenvalue weighted by Crippen LogP contribution is 2.45. The molecule has 3 rings (SSSR count). The number of benzene rings is 1. The Morgan fingerprint density at radius 1 is 1.17 bits per heavy atom. The van der Waals surface area contributed by atoms with Crippen LogP contribution in [0.5, 0.6) is 5.75 Å². The van der Waals surface area contributed by atoms with Crippen molar-refractivity contribution >= 4 is 0 Å². The van der Waals surface area contributed by atoms with Gasteiger partial charge < -0.3 is 14.6 Å². The van der Waals surface area contributed by atoms with Crippen molar-refractivity contribution in [2.75, 3.05) is 6.61 Å². The minimum atomic E-state index is -0.438. The second-order valence-electron chi connectivity index (χ2n) is 5.23. The molecule has 1 aliphatic carbocycles. The number of ether oxygens (including phenoxy) is 2. The summed E-state index contributed by atoms with van der Waals surface area (Å²) in [6.45, 7) is 0.148. The summed E-state index contributed by atoms with van der Waals surface area (Å²) in [7, 11) is 0. The van der Waals surface area contributed by atoms with E-state index in [1.165, 1.54) is 6.42 Å². The lowest BCUT2D eigenvalue weighted by Crippen LogP contribution is -2.45. The molecule has 0 aromatic heterocycles. The monoisotopic (exact) mass is 248 g/mol. The molecule has 1 saturated carbocycles. The van der Waals surface area contributed by atoms with E-state index in [-0.39, 0.29) is 12.7 Å². The molecule has 1 fully saturated rings. The summed E-state index contributed by atoms with van der Waals surface area (Å²) in [6, 6.07) is 8.04. The van der Waals surface area contributed by atoms with Gasteiger partial charge in [0.15, 0.2) is 0 Å². The van der Waals surface area contributed by atoms with E-state index in [9.17, 15) is 5.11 Å². The molecular formula is C15H20O3. The summed E-state index contributed by atoms with van der Waals surface area (Å²) in [5, 5.41) is 9.21. The minimum absolute atomic E-state index is 0.0296. The lowest BCUT2D eigenvalue weighted by atomic mass is 9.91. The molecule has 1 aromatic rings. The number of hydrogen-bond acceptors (Lipinski definition) is 3. The zero-order chi connectivity index (χ0) is 12.4. The zero-order valence-electron chi connectivity index (χ0n) is 10.6. The summed E-state index contributed by atoms with van der Waals surface area (Å²) in [5.74, 6) is 0.496. The van der Waals surface area contributed by atoms with Crippen LogP contribution in [-0.2, 0) is 4.74 Å². The first-order valence-corrected chi connectivity index (χ1v) is 6.90. The lowest BCUT2D eigenvalue weighted by molar-refractivity contribution is -0.247. The Hall–Kier alpha value is -1.06. The number of rotatable bonds is 2. The first-order chi connectivity index (χ1) is 8.83. The molecule has 0 saturated heterocycles. The minimum Gasteiger partial charge on any atom is -0.462 e. The Kier molecular flexibility index (Phi) is 3.27. The van der Waals surface area contributed by atoms with Crippen molar-refractivity contribution in [2.45, 2.75) is 50.4 Å². The van der Waals surface area contributed by atoms with E-state index in [4.69, 9.17) is 9.47 Å². The van der Waals surface area contributed by atoms with Crippen LogP contribution in [-0.4, -0.2) is 17.5 Å². The SMILES string of the molecule is OCCC1OC2(CCCCC2)Oc2ccccc21. The van der Waals surface area contributed by atoms with E-state index in [0.29, 0.717) is 6.42 Å². The van der Waals surface area contributed by atoms with Gasteiger partial charge in [-0.3, -0.25) is 0 Å².